The standard InChI is InChI=1S/C12H12F2N2O2S/c13-10-5-11(14)7-12(6-10)19(17,18)16-3-1-9(8-15)2-4-16/h5-7,9H,1-4H2. The fourth-order valence-corrected chi connectivity index (χ4v) is 3.56. The number of piperidine rings is 1. The Kier molecular flexibility index (Phi) is 3.83. The molecule has 0 saturated carbocycles. The number of sulfonamides is 1. The van der Waals surface area contributed by atoms with E-state index in [1.165, 1.54) is 0 Å². The highest BCUT2D eigenvalue weighted by Crippen LogP contribution is 2.24. The Morgan fingerprint density at radius 3 is 2.16 bits per heavy atom. The van der Waals surface area contributed by atoms with E-state index in [4.69, 9.17) is 5.26 Å². The molecule has 1 aromatic carbocycles. The largest absolute Gasteiger partial charge is 0.243 e. The second-order valence-corrected chi connectivity index (χ2v) is 6.35. The van der Waals surface area contributed by atoms with Gasteiger partial charge in [0.15, 0.2) is 0 Å². The molecule has 0 unspecified atom stereocenters. The molecule has 0 N–H and O–H groups in total. The van der Waals surface area contributed by atoms with E-state index >= 15 is 0 Å². The summed E-state index contributed by atoms with van der Waals surface area (Å²) in [6, 6.07) is 4.32. The van der Waals surface area contributed by atoms with Crippen molar-refractivity contribution < 1.29 is 17.2 Å². The number of nitrogens with zero attached hydrogens (tertiary/aromatic N) is 2. The van der Waals surface area contributed by atoms with E-state index in [0.29, 0.717) is 18.9 Å². The number of halogens is 2. The number of rotatable bonds is 2. The maximum Gasteiger partial charge on any atom is 0.243 e. The van der Waals surface area contributed by atoms with E-state index in [0.717, 1.165) is 16.4 Å². The predicted octanol–water partition coefficient (Wildman–Crippen LogP) is 1.89. The Labute approximate surface area is 110 Å². The summed E-state index contributed by atoms with van der Waals surface area (Å²) >= 11 is 0. The molecule has 7 heteroatoms. The van der Waals surface area contributed by atoms with Crippen molar-refractivity contribution in [3.63, 3.8) is 0 Å². The van der Waals surface area contributed by atoms with Crippen LogP contribution in [-0.2, 0) is 10.0 Å². The van der Waals surface area contributed by atoms with Crippen molar-refractivity contribution in [2.75, 3.05) is 13.1 Å². The molecule has 2 rings (SSSR count). The fraction of sp³-hybridized carbons (Fsp3) is 0.417. The van der Waals surface area contributed by atoms with Crippen LogP contribution in [-0.4, -0.2) is 25.8 Å². The van der Waals surface area contributed by atoms with E-state index in [2.05, 4.69) is 6.07 Å². The smallest absolute Gasteiger partial charge is 0.207 e. The normalized spacial score (nSPS) is 18.2. The third kappa shape index (κ3) is 2.91. The van der Waals surface area contributed by atoms with E-state index in [1.807, 2.05) is 0 Å². The van der Waals surface area contributed by atoms with Gasteiger partial charge in [0.25, 0.3) is 0 Å². The van der Waals surface area contributed by atoms with Crippen LogP contribution in [0.25, 0.3) is 0 Å². The van der Waals surface area contributed by atoms with Crippen LogP contribution in [0.4, 0.5) is 8.78 Å². The van der Waals surface area contributed by atoms with Gasteiger partial charge in [-0.1, -0.05) is 0 Å². The molecule has 0 spiro atoms. The number of nitriles is 1. The third-order valence-electron chi connectivity index (χ3n) is 3.11. The number of benzene rings is 1. The molecule has 0 aromatic heterocycles. The maximum atomic E-state index is 13.1. The van der Waals surface area contributed by atoms with Gasteiger partial charge < -0.3 is 0 Å². The highest BCUT2D eigenvalue weighted by Gasteiger charge is 2.29. The van der Waals surface area contributed by atoms with Crippen LogP contribution >= 0.6 is 0 Å². The van der Waals surface area contributed by atoms with Gasteiger partial charge in [-0.2, -0.15) is 9.57 Å². The first-order chi connectivity index (χ1) is 8.93. The van der Waals surface area contributed by atoms with Crippen LogP contribution in [0.5, 0.6) is 0 Å². The van der Waals surface area contributed by atoms with Crippen LogP contribution in [0.1, 0.15) is 12.8 Å². The summed E-state index contributed by atoms with van der Waals surface area (Å²) in [6.45, 7) is 0.386. The van der Waals surface area contributed by atoms with Gasteiger partial charge in [-0.3, -0.25) is 0 Å². The molecular formula is C12H12F2N2O2S. The summed E-state index contributed by atoms with van der Waals surface area (Å²) in [5.74, 6) is -2.01. The summed E-state index contributed by atoms with van der Waals surface area (Å²) in [4.78, 5) is -0.389. The van der Waals surface area contributed by atoms with Crippen LogP contribution in [0.3, 0.4) is 0 Å². The topological polar surface area (TPSA) is 61.2 Å². The molecular weight excluding hydrogens is 274 g/mol. The molecule has 1 aliphatic heterocycles. The zero-order valence-corrected chi connectivity index (χ0v) is 10.8. The molecule has 102 valence electrons. The van der Waals surface area contributed by atoms with Crippen LogP contribution in [0.15, 0.2) is 23.1 Å². The lowest BCUT2D eigenvalue weighted by Crippen LogP contribution is -2.38. The molecule has 1 saturated heterocycles. The lowest BCUT2D eigenvalue weighted by Gasteiger charge is -2.28. The molecule has 0 radical (unpaired) electrons. The minimum atomic E-state index is -3.89. The lowest BCUT2D eigenvalue weighted by atomic mass is 10.0. The minimum Gasteiger partial charge on any atom is -0.207 e. The summed E-state index contributed by atoms with van der Waals surface area (Å²) in [6.07, 6.45) is 0.876. The molecule has 0 bridgehead atoms. The third-order valence-corrected chi connectivity index (χ3v) is 4.99. The average molecular weight is 286 g/mol. The van der Waals surface area contributed by atoms with Crippen LogP contribution < -0.4 is 0 Å². The van der Waals surface area contributed by atoms with Crippen molar-refractivity contribution in [1.82, 2.24) is 4.31 Å². The van der Waals surface area contributed by atoms with Crippen molar-refractivity contribution in [3.8, 4) is 6.07 Å². The molecule has 1 heterocycles. The second kappa shape index (κ2) is 5.23. The zero-order chi connectivity index (χ0) is 14.0. The van der Waals surface area contributed by atoms with E-state index in [9.17, 15) is 17.2 Å². The van der Waals surface area contributed by atoms with Gasteiger partial charge in [0.05, 0.1) is 11.0 Å². The fourth-order valence-electron chi connectivity index (χ4n) is 2.05. The number of hydrogen-bond donors (Lipinski definition) is 0. The molecule has 0 amide bonds. The summed E-state index contributed by atoms with van der Waals surface area (Å²) < 4.78 is 51.7. The van der Waals surface area contributed by atoms with E-state index in [-0.39, 0.29) is 23.9 Å². The molecule has 1 aromatic rings. The van der Waals surface area contributed by atoms with Crippen molar-refractivity contribution in [2.45, 2.75) is 17.7 Å². The van der Waals surface area contributed by atoms with Crippen molar-refractivity contribution in [2.24, 2.45) is 5.92 Å². The van der Waals surface area contributed by atoms with E-state index in [1.54, 1.807) is 0 Å². The SMILES string of the molecule is N#CC1CCN(S(=O)(=O)c2cc(F)cc(F)c2)CC1. The second-order valence-electron chi connectivity index (χ2n) is 4.41. The van der Waals surface area contributed by atoms with Gasteiger partial charge in [0.2, 0.25) is 10.0 Å². The van der Waals surface area contributed by atoms with Gasteiger partial charge in [0, 0.05) is 25.1 Å². The Balaban J connectivity index is 2.26. The molecule has 4 nitrogen and oxygen atoms in total. The lowest BCUT2D eigenvalue weighted by molar-refractivity contribution is 0.309. The first kappa shape index (κ1) is 13.9. The molecule has 1 fully saturated rings. The average Bonchev–Trinajstić information content (AvgIpc) is 2.37. The Morgan fingerprint density at radius 1 is 1.16 bits per heavy atom. The molecule has 19 heavy (non-hydrogen) atoms. The molecule has 0 atom stereocenters. The predicted molar refractivity (Wildman–Crippen MR) is 63.5 cm³/mol. The highest BCUT2D eigenvalue weighted by atomic mass is 32.2. The summed E-state index contributed by atoms with van der Waals surface area (Å²) in [5.41, 5.74) is 0. The van der Waals surface area contributed by atoms with Gasteiger partial charge >= 0.3 is 0 Å². The van der Waals surface area contributed by atoms with Crippen molar-refractivity contribution in [1.29, 1.82) is 5.26 Å². The Hall–Kier alpha value is -1.52. The quantitative estimate of drug-likeness (QED) is 0.834. The molecule has 1 aliphatic rings. The van der Waals surface area contributed by atoms with Gasteiger partial charge in [-0.15, -0.1) is 0 Å². The molecule has 0 aliphatic carbocycles. The zero-order valence-electron chi connectivity index (χ0n) is 10.0. The van der Waals surface area contributed by atoms with Gasteiger partial charge in [-0.25, -0.2) is 17.2 Å². The number of hydrogen-bond acceptors (Lipinski definition) is 3. The van der Waals surface area contributed by atoms with Crippen molar-refractivity contribution in [3.05, 3.63) is 29.8 Å². The Bertz CT molecular complexity index is 597. The maximum absolute atomic E-state index is 13.1. The van der Waals surface area contributed by atoms with Crippen molar-refractivity contribution >= 4 is 10.0 Å². The first-order valence-electron chi connectivity index (χ1n) is 5.79. The summed E-state index contributed by atoms with van der Waals surface area (Å²) in [7, 11) is -3.89. The van der Waals surface area contributed by atoms with Gasteiger partial charge in [0.1, 0.15) is 11.6 Å². The van der Waals surface area contributed by atoms with Crippen LogP contribution in [0.2, 0.25) is 0 Å². The monoisotopic (exact) mass is 286 g/mol. The Morgan fingerprint density at radius 2 is 1.68 bits per heavy atom. The van der Waals surface area contributed by atoms with E-state index < -0.39 is 21.7 Å². The highest BCUT2D eigenvalue weighted by molar-refractivity contribution is 7.89. The first-order valence-corrected chi connectivity index (χ1v) is 7.23. The summed E-state index contributed by atoms with van der Waals surface area (Å²) in [5, 5.41) is 8.75. The minimum absolute atomic E-state index is 0.157. The van der Waals surface area contributed by atoms with Gasteiger partial charge in [-0.05, 0) is 25.0 Å². The van der Waals surface area contributed by atoms with Crippen LogP contribution in [0, 0.1) is 28.9 Å².